The molecule has 3 atom stereocenters. The van der Waals surface area contributed by atoms with Crippen LogP contribution in [0.15, 0.2) is 0 Å². The van der Waals surface area contributed by atoms with E-state index in [-0.39, 0.29) is 18.1 Å². The normalized spacial score (nSPS) is 26.9. The van der Waals surface area contributed by atoms with Gasteiger partial charge < -0.3 is 20.5 Å². The molecule has 0 aliphatic heterocycles. The molecule has 0 aromatic heterocycles. The van der Waals surface area contributed by atoms with Gasteiger partial charge in [0.15, 0.2) is 0 Å². The summed E-state index contributed by atoms with van der Waals surface area (Å²) in [5, 5.41) is 3.18. The molecule has 112 valence electrons. The van der Waals surface area contributed by atoms with Gasteiger partial charge in [-0.25, -0.2) is 0 Å². The number of primary amides is 1. The van der Waals surface area contributed by atoms with E-state index in [2.05, 4.69) is 12.2 Å². The number of nitrogens with one attached hydrogen (secondary N) is 1. The van der Waals surface area contributed by atoms with E-state index in [1.54, 1.807) is 7.11 Å². The van der Waals surface area contributed by atoms with E-state index in [4.69, 9.17) is 15.2 Å². The fraction of sp³-hybridized carbons (Fsp3) is 0.929. The molecule has 3 N–H and O–H groups in total. The van der Waals surface area contributed by atoms with E-state index in [1.807, 2.05) is 6.92 Å². The Bertz CT molecular complexity index is 286. The summed E-state index contributed by atoms with van der Waals surface area (Å²) in [7, 11) is 1.74. The van der Waals surface area contributed by atoms with Gasteiger partial charge in [-0.2, -0.15) is 0 Å². The molecule has 0 spiro atoms. The lowest BCUT2D eigenvalue weighted by atomic mass is 9.94. The zero-order valence-corrected chi connectivity index (χ0v) is 12.4. The quantitative estimate of drug-likeness (QED) is 0.696. The van der Waals surface area contributed by atoms with Crippen LogP contribution in [-0.2, 0) is 14.3 Å². The molecule has 0 saturated heterocycles. The van der Waals surface area contributed by atoms with Gasteiger partial charge in [-0.15, -0.1) is 0 Å². The minimum atomic E-state index is -0.782. The zero-order chi connectivity index (χ0) is 14.3. The summed E-state index contributed by atoms with van der Waals surface area (Å²) in [6.45, 7) is 4.94. The number of nitrogens with two attached hydrogens (primary N) is 1. The van der Waals surface area contributed by atoms with Crippen LogP contribution in [0.1, 0.15) is 46.0 Å². The molecular weight excluding hydrogens is 244 g/mol. The summed E-state index contributed by atoms with van der Waals surface area (Å²) >= 11 is 0. The highest BCUT2D eigenvalue weighted by molar-refractivity contribution is 5.84. The van der Waals surface area contributed by atoms with Crippen molar-refractivity contribution in [1.29, 1.82) is 0 Å². The Morgan fingerprint density at radius 2 is 2.11 bits per heavy atom. The summed E-state index contributed by atoms with van der Waals surface area (Å²) in [5.41, 5.74) is 4.69. The largest absolute Gasteiger partial charge is 0.381 e. The standard InChI is InChI=1S/C14H28N2O3/c1-4-8-16-14(2,13(15)17)10-19-12-7-5-6-11(9-12)18-3/h11-12,16H,4-10H2,1-3H3,(H2,15,17). The molecule has 1 aliphatic rings. The average Bonchev–Trinajstić information content (AvgIpc) is 2.43. The van der Waals surface area contributed by atoms with E-state index in [0.29, 0.717) is 6.61 Å². The van der Waals surface area contributed by atoms with E-state index >= 15 is 0 Å². The average molecular weight is 272 g/mol. The fourth-order valence-electron chi connectivity index (χ4n) is 2.36. The molecule has 5 heteroatoms. The van der Waals surface area contributed by atoms with Crippen molar-refractivity contribution < 1.29 is 14.3 Å². The lowest BCUT2D eigenvalue weighted by Gasteiger charge is -2.33. The van der Waals surface area contributed by atoms with Crippen molar-refractivity contribution in [2.24, 2.45) is 5.73 Å². The van der Waals surface area contributed by atoms with Crippen LogP contribution in [0, 0.1) is 0 Å². The number of hydrogen-bond acceptors (Lipinski definition) is 4. The van der Waals surface area contributed by atoms with Gasteiger partial charge in [0.05, 0.1) is 18.8 Å². The minimum absolute atomic E-state index is 0.167. The molecule has 1 aliphatic carbocycles. The lowest BCUT2D eigenvalue weighted by molar-refractivity contribution is -0.128. The third-order valence-corrected chi connectivity index (χ3v) is 3.83. The summed E-state index contributed by atoms with van der Waals surface area (Å²) in [6, 6.07) is 0. The second-order valence-corrected chi connectivity index (χ2v) is 5.58. The van der Waals surface area contributed by atoms with Gasteiger partial charge in [-0.1, -0.05) is 6.92 Å². The van der Waals surface area contributed by atoms with Crippen LogP contribution in [0.4, 0.5) is 0 Å². The van der Waals surface area contributed by atoms with Crippen LogP contribution < -0.4 is 11.1 Å². The number of hydrogen-bond donors (Lipinski definition) is 2. The molecule has 3 unspecified atom stereocenters. The summed E-state index contributed by atoms with van der Waals surface area (Å²) in [4.78, 5) is 11.6. The van der Waals surface area contributed by atoms with Crippen LogP contribution in [0.2, 0.25) is 0 Å². The van der Waals surface area contributed by atoms with Crippen molar-refractivity contribution >= 4 is 5.91 Å². The lowest BCUT2D eigenvalue weighted by Crippen LogP contribution is -2.57. The van der Waals surface area contributed by atoms with Crippen molar-refractivity contribution in [3.8, 4) is 0 Å². The molecule has 0 bridgehead atoms. The molecule has 1 rings (SSSR count). The molecule has 1 amide bonds. The first-order valence-corrected chi connectivity index (χ1v) is 7.21. The Morgan fingerprint density at radius 1 is 1.42 bits per heavy atom. The van der Waals surface area contributed by atoms with E-state index < -0.39 is 5.54 Å². The number of methoxy groups -OCH3 is 1. The molecule has 1 saturated carbocycles. The molecule has 0 aromatic carbocycles. The molecule has 0 radical (unpaired) electrons. The van der Waals surface area contributed by atoms with Gasteiger partial charge in [-0.05, 0) is 45.6 Å². The van der Waals surface area contributed by atoms with E-state index in [1.165, 1.54) is 0 Å². The molecular formula is C14H28N2O3. The number of amides is 1. The number of carbonyl (C=O) groups is 1. The third kappa shape index (κ3) is 5.09. The van der Waals surface area contributed by atoms with E-state index in [0.717, 1.165) is 38.6 Å². The first kappa shape index (κ1) is 16.4. The summed E-state index contributed by atoms with van der Waals surface area (Å²) < 4.78 is 11.3. The van der Waals surface area contributed by atoms with Crippen LogP contribution in [0.3, 0.4) is 0 Å². The van der Waals surface area contributed by atoms with Crippen molar-refractivity contribution in [2.45, 2.75) is 63.7 Å². The van der Waals surface area contributed by atoms with Crippen molar-refractivity contribution in [1.82, 2.24) is 5.32 Å². The van der Waals surface area contributed by atoms with Crippen molar-refractivity contribution in [3.63, 3.8) is 0 Å². The summed E-state index contributed by atoms with van der Waals surface area (Å²) in [5.74, 6) is -0.361. The molecule has 0 heterocycles. The predicted octanol–water partition coefficient (Wildman–Crippen LogP) is 1.20. The van der Waals surface area contributed by atoms with E-state index in [9.17, 15) is 4.79 Å². The summed E-state index contributed by atoms with van der Waals surface area (Å²) in [6.07, 6.45) is 5.54. The maximum atomic E-state index is 11.6. The van der Waals surface area contributed by atoms with Gasteiger partial charge in [0.1, 0.15) is 5.54 Å². The second-order valence-electron chi connectivity index (χ2n) is 5.58. The van der Waals surface area contributed by atoms with Crippen LogP contribution in [0.25, 0.3) is 0 Å². The Kier molecular flexibility index (Phi) is 6.75. The smallest absolute Gasteiger partial charge is 0.239 e. The van der Waals surface area contributed by atoms with Gasteiger partial charge in [0.2, 0.25) is 5.91 Å². The second kappa shape index (κ2) is 7.82. The van der Waals surface area contributed by atoms with Gasteiger partial charge >= 0.3 is 0 Å². The van der Waals surface area contributed by atoms with Crippen LogP contribution in [-0.4, -0.2) is 43.9 Å². The van der Waals surface area contributed by atoms with Crippen LogP contribution >= 0.6 is 0 Å². The maximum Gasteiger partial charge on any atom is 0.239 e. The number of ether oxygens (including phenoxy) is 2. The van der Waals surface area contributed by atoms with Gasteiger partial charge in [-0.3, -0.25) is 4.79 Å². The number of rotatable bonds is 8. The highest BCUT2D eigenvalue weighted by atomic mass is 16.5. The topological polar surface area (TPSA) is 73.6 Å². The molecule has 19 heavy (non-hydrogen) atoms. The Labute approximate surface area is 116 Å². The Morgan fingerprint density at radius 3 is 2.68 bits per heavy atom. The van der Waals surface area contributed by atoms with Gasteiger partial charge in [0.25, 0.3) is 0 Å². The first-order chi connectivity index (χ1) is 9.01. The maximum absolute atomic E-state index is 11.6. The first-order valence-electron chi connectivity index (χ1n) is 7.21. The molecule has 0 aromatic rings. The monoisotopic (exact) mass is 272 g/mol. The fourth-order valence-corrected chi connectivity index (χ4v) is 2.36. The third-order valence-electron chi connectivity index (χ3n) is 3.83. The zero-order valence-electron chi connectivity index (χ0n) is 12.4. The Hall–Kier alpha value is -0.650. The highest BCUT2D eigenvalue weighted by Gasteiger charge is 2.32. The van der Waals surface area contributed by atoms with Crippen LogP contribution in [0.5, 0.6) is 0 Å². The minimum Gasteiger partial charge on any atom is -0.381 e. The van der Waals surface area contributed by atoms with Crippen molar-refractivity contribution in [3.05, 3.63) is 0 Å². The van der Waals surface area contributed by atoms with Gasteiger partial charge in [0, 0.05) is 7.11 Å². The van der Waals surface area contributed by atoms with Crippen molar-refractivity contribution in [2.75, 3.05) is 20.3 Å². The molecule has 5 nitrogen and oxygen atoms in total. The molecule has 1 fully saturated rings. The number of carbonyl (C=O) groups excluding carboxylic acids is 1. The highest BCUT2D eigenvalue weighted by Crippen LogP contribution is 2.23. The SMILES string of the molecule is CCCNC(C)(COC1CCCC(OC)C1)C(N)=O. The predicted molar refractivity (Wildman–Crippen MR) is 74.9 cm³/mol. The Balaban J connectivity index is 2.44.